The molecule has 1 aromatic heterocycles. The number of aromatic nitrogens is 1. The van der Waals surface area contributed by atoms with Gasteiger partial charge in [0.1, 0.15) is 5.69 Å². The van der Waals surface area contributed by atoms with Crippen LogP contribution in [0.15, 0.2) is 24.4 Å². The summed E-state index contributed by atoms with van der Waals surface area (Å²) in [6.07, 6.45) is 1.61. The number of ketones is 1. The molecule has 0 bridgehead atoms. The van der Waals surface area contributed by atoms with Crippen LogP contribution in [0.4, 0.5) is 0 Å². The van der Waals surface area contributed by atoms with Crippen molar-refractivity contribution in [2.75, 3.05) is 0 Å². The molecular formula is C7H9NOS. The lowest BCUT2D eigenvalue weighted by Gasteiger charge is -1.88. The van der Waals surface area contributed by atoms with E-state index in [1.54, 1.807) is 24.4 Å². The summed E-state index contributed by atoms with van der Waals surface area (Å²) in [5.74, 6) is 0.00981. The molecule has 0 unspecified atom stereocenters. The molecule has 0 radical (unpaired) electrons. The molecule has 1 aromatic rings. The molecule has 0 atom stereocenters. The summed E-state index contributed by atoms with van der Waals surface area (Å²) in [4.78, 5) is 14.4. The first-order chi connectivity index (χ1) is 4.30. The summed E-state index contributed by atoms with van der Waals surface area (Å²) < 4.78 is 0. The highest BCUT2D eigenvalue weighted by atomic mass is 32.1. The number of nitrogens with zero attached hydrogens (tertiary/aromatic N) is 1. The van der Waals surface area contributed by atoms with E-state index in [0.717, 1.165) is 0 Å². The number of rotatable bonds is 1. The third-order valence-electron chi connectivity index (χ3n) is 1.03. The van der Waals surface area contributed by atoms with Gasteiger partial charge < -0.3 is 0 Å². The van der Waals surface area contributed by atoms with E-state index < -0.39 is 0 Å². The zero-order chi connectivity index (χ0) is 6.69. The molecule has 0 aliphatic rings. The zero-order valence-corrected chi connectivity index (χ0v) is 6.66. The van der Waals surface area contributed by atoms with Gasteiger partial charge in [-0.1, -0.05) is 6.07 Å². The van der Waals surface area contributed by atoms with Crippen LogP contribution in [0.5, 0.6) is 0 Å². The molecule has 0 aliphatic heterocycles. The van der Waals surface area contributed by atoms with Gasteiger partial charge in [0, 0.05) is 13.1 Å². The lowest BCUT2D eigenvalue weighted by atomic mass is 10.3. The maximum atomic E-state index is 10.6. The van der Waals surface area contributed by atoms with E-state index >= 15 is 0 Å². The van der Waals surface area contributed by atoms with Gasteiger partial charge in [-0.3, -0.25) is 9.78 Å². The summed E-state index contributed by atoms with van der Waals surface area (Å²) in [5.41, 5.74) is 0.525. The molecule has 10 heavy (non-hydrogen) atoms. The van der Waals surface area contributed by atoms with Crippen molar-refractivity contribution < 1.29 is 4.79 Å². The first-order valence-corrected chi connectivity index (χ1v) is 2.72. The van der Waals surface area contributed by atoms with Gasteiger partial charge in [-0.25, -0.2) is 0 Å². The highest BCUT2D eigenvalue weighted by Crippen LogP contribution is 1.92. The van der Waals surface area contributed by atoms with Crippen LogP contribution in [0.2, 0.25) is 0 Å². The van der Waals surface area contributed by atoms with Gasteiger partial charge in [0.2, 0.25) is 0 Å². The molecule has 2 nitrogen and oxygen atoms in total. The number of pyridine rings is 1. The van der Waals surface area contributed by atoms with E-state index in [9.17, 15) is 4.79 Å². The number of carbonyl (C=O) groups is 1. The Bertz CT molecular complexity index is 210. The second-order valence-electron chi connectivity index (χ2n) is 1.77. The molecule has 0 saturated heterocycles. The SMILES string of the molecule is CC(=O)c1ccccn1.S. The van der Waals surface area contributed by atoms with E-state index in [1.807, 2.05) is 0 Å². The van der Waals surface area contributed by atoms with Crippen LogP contribution >= 0.6 is 13.5 Å². The van der Waals surface area contributed by atoms with Crippen LogP contribution in [-0.2, 0) is 0 Å². The maximum absolute atomic E-state index is 10.6. The maximum Gasteiger partial charge on any atom is 0.178 e. The molecular weight excluding hydrogens is 146 g/mol. The Kier molecular flexibility index (Phi) is 3.72. The number of carbonyl (C=O) groups excluding carboxylic acids is 1. The van der Waals surface area contributed by atoms with Crippen LogP contribution in [0.1, 0.15) is 17.4 Å². The topological polar surface area (TPSA) is 30.0 Å². The predicted octanol–water partition coefficient (Wildman–Crippen LogP) is 1.40. The highest BCUT2D eigenvalue weighted by Gasteiger charge is 1.94. The average Bonchev–Trinajstić information content (AvgIpc) is 1.90. The number of hydrogen-bond donors (Lipinski definition) is 0. The molecule has 1 heterocycles. The normalized spacial score (nSPS) is 8.10. The summed E-state index contributed by atoms with van der Waals surface area (Å²) in [6.45, 7) is 1.50. The lowest BCUT2D eigenvalue weighted by molar-refractivity contribution is 0.101. The zero-order valence-electron chi connectivity index (χ0n) is 5.66. The van der Waals surface area contributed by atoms with Crippen molar-refractivity contribution in [1.29, 1.82) is 0 Å². The Labute approximate surface area is 66.7 Å². The van der Waals surface area contributed by atoms with Crippen LogP contribution < -0.4 is 0 Å². The molecule has 54 valence electrons. The molecule has 0 amide bonds. The highest BCUT2D eigenvalue weighted by molar-refractivity contribution is 7.59. The van der Waals surface area contributed by atoms with Crippen molar-refractivity contribution in [2.24, 2.45) is 0 Å². The standard InChI is InChI=1S/C7H7NO.H2S/c1-6(9)7-4-2-3-5-8-7;/h2-5H,1H3;1H2. The fourth-order valence-corrected chi connectivity index (χ4v) is 0.571. The van der Waals surface area contributed by atoms with Crippen LogP contribution in [0.3, 0.4) is 0 Å². The van der Waals surface area contributed by atoms with Crippen molar-refractivity contribution in [3.63, 3.8) is 0 Å². The third kappa shape index (κ3) is 2.19. The molecule has 0 spiro atoms. The van der Waals surface area contributed by atoms with Gasteiger partial charge in [-0.2, -0.15) is 13.5 Å². The Morgan fingerprint density at radius 2 is 2.20 bits per heavy atom. The van der Waals surface area contributed by atoms with Gasteiger partial charge in [-0.15, -0.1) is 0 Å². The van der Waals surface area contributed by atoms with Crippen molar-refractivity contribution in [3.8, 4) is 0 Å². The first-order valence-electron chi connectivity index (χ1n) is 2.72. The summed E-state index contributed by atoms with van der Waals surface area (Å²) >= 11 is 0. The Morgan fingerprint density at radius 3 is 2.50 bits per heavy atom. The largest absolute Gasteiger partial charge is 0.293 e. The summed E-state index contributed by atoms with van der Waals surface area (Å²) in [6, 6.07) is 5.28. The number of Topliss-reactive ketones (excluding diaryl/α,β-unsaturated/α-hetero) is 1. The van der Waals surface area contributed by atoms with Gasteiger partial charge in [0.05, 0.1) is 0 Å². The molecule has 0 saturated carbocycles. The molecule has 1 rings (SSSR count). The lowest BCUT2D eigenvalue weighted by Crippen LogP contribution is -1.93. The molecule has 0 aromatic carbocycles. The van der Waals surface area contributed by atoms with Crippen molar-refractivity contribution in [2.45, 2.75) is 6.92 Å². The Balaban J connectivity index is 0.000000810. The smallest absolute Gasteiger partial charge is 0.178 e. The second kappa shape index (κ2) is 4.06. The summed E-state index contributed by atoms with van der Waals surface area (Å²) in [7, 11) is 0. The first kappa shape index (κ1) is 9.17. The van der Waals surface area contributed by atoms with Crippen molar-refractivity contribution >= 4 is 19.3 Å². The monoisotopic (exact) mass is 155 g/mol. The fourth-order valence-electron chi connectivity index (χ4n) is 0.571. The van der Waals surface area contributed by atoms with Crippen LogP contribution in [0, 0.1) is 0 Å². The van der Waals surface area contributed by atoms with E-state index in [4.69, 9.17) is 0 Å². The Morgan fingerprint density at radius 1 is 1.50 bits per heavy atom. The van der Waals surface area contributed by atoms with Crippen LogP contribution in [0.25, 0.3) is 0 Å². The predicted molar refractivity (Wildman–Crippen MR) is 44.6 cm³/mol. The van der Waals surface area contributed by atoms with Gasteiger partial charge in [-0.05, 0) is 12.1 Å². The minimum absolute atomic E-state index is 0. The average molecular weight is 155 g/mol. The Hall–Kier alpha value is -0.830. The van der Waals surface area contributed by atoms with Gasteiger partial charge >= 0.3 is 0 Å². The summed E-state index contributed by atoms with van der Waals surface area (Å²) in [5, 5.41) is 0. The van der Waals surface area contributed by atoms with Gasteiger partial charge in [0.25, 0.3) is 0 Å². The third-order valence-corrected chi connectivity index (χ3v) is 1.03. The quantitative estimate of drug-likeness (QED) is 0.574. The molecule has 3 heteroatoms. The molecule has 0 aliphatic carbocycles. The van der Waals surface area contributed by atoms with Crippen molar-refractivity contribution in [3.05, 3.63) is 30.1 Å². The van der Waals surface area contributed by atoms with E-state index in [0.29, 0.717) is 5.69 Å². The minimum atomic E-state index is 0. The minimum Gasteiger partial charge on any atom is -0.293 e. The van der Waals surface area contributed by atoms with Crippen molar-refractivity contribution in [1.82, 2.24) is 4.98 Å². The van der Waals surface area contributed by atoms with Crippen LogP contribution in [-0.4, -0.2) is 10.8 Å². The van der Waals surface area contributed by atoms with E-state index in [1.165, 1.54) is 6.92 Å². The molecule has 0 fully saturated rings. The number of hydrogen-bond acceptors (Lipinski definition) is 2. The van der Waals surface area contributed by atoms with E-state index in [2.05, 4.69) is 4.98 Å². The van der Waals surface area contributed by atoms with E-state index in [-0.39, 0.29) is 19.3 Å². The molecule has 0 N–H and O–H groups in total. The fraction of sp³-hybridized carbons (Fsp3) is 0.143. The van der Waals surface area contributed by atoms with Gasteiger partial charge in [0.15, 0.2) is 5.78 Å². The second-order valence-corrected chi connectivity index (χ2v) is 1.77.